The SMILES string of the molecule is Cc1ccc(Br)cc1NC1CC(C)C1. The summed E-state index contributed by atoms with van der Waals surface area (Å²) >= 11 is 3.50. The Morgan fingerprint density at radius 1 is 1.36 bits per heavy atom. The van der Waals surface area contributed by atoms with Crippen molar-refractivity contribution in [3.05, 3.63) is 28.2 Å². The molecule has 0 atom stereocenters. The second-order valence-electron chi connectivity index (χ2n) is 4.38. The van der Waals surface area contributed by atoms with Crippen LogP contribution in [0.3, 0.4) is 0 Å². The molecular formula is C12H16BrN. The molecule has 0 unspecified atom stereocenters. The smallest absolute Gasteiger partial charge is 0.0383 e. The first kappa shape index (κ1) is 10.0. The minimum Gasteiger partial charge on any atom is -0.382 e. The number of benzene rings is 1. The molecule has 2 rings (SSSR count). The van der Waals surface area contributed by atoms with Gasteiger partial charge >= 0.3 is 0 Å². The van der Waals surface area contributed by atoms with E-state index in [1.807, 2.05) is 0 Å². The van der Waals surface area contributed by atoms with Crippen LogP contribution in [-0.4, -0.2) is 6.04 Å². The molecule has 0 spiro atoms. The molecule has 0 heterocycles. The topological polar surface area (TPSA) is 12.0 Å². The molecule has 1 N–H and O–H groups in total. The molecule has 1 saturated carbocycles. The summed E-state index contributed by atoms with van der Waals surface area (Å²) in [5.74, 6) is 0.903. The van der Waals surface area contributed by atoms with Gasteiger partial charge in [0.2, 0.25) is 0 Å². The number of rotatable bonds is 2. The molecule has 1 fully saturated rings. The standard InChI is InChI=1S/C12H16BrN/c1-8-5-11(6-8)14-12-7-10(13)4-3-9(12)2/h3-4,7-8,11,14H,5-6H2,1-2H3. The third-order valence-electron chi connectivity index (χ3n) is 2.93. The van der Waals surface area contributed by atoms with E-state index in [9.17, 15) is 0 Å². The maximum Gasteiger partial charge on any atom is 0.0383 e. The van der Waals surface area contributed by atoms with Gasteiger partial charge in [-0.3, -0.25) is 0 Å². The maximum absolute atomic E-state index is 3.59. The van der Waals surface area contributed by atoms with Crippen LogP contribution >= 0.6 is 15.9 Å². The van der Waals surface area contributed by atoms with E-state index in [0.29, 0.717) is 6.04 Å². The van der Waals surface area contributed by atoms with Crippen LogP contribution in [0.5, 0.6) is 0 Å². The lowest BCUT2D eigenvalue weighted by molar-refractivity contribution is 0.309. The Labute approximate surface area is 94.0 Å². The zero-order valence-electron chi connectivity index (χ0n) is 8.68. The van der Waals surface area contributed by atoms with Crippen molar-refractivity contribution in [3.63, 3.8) is 0 Å². The van der Waals surface area contributed by atoms with Crippen molar-refractivity contribution in [2.45, 2.75) is 32.7 Å². The van der Waals surface area contributed by atoms with Crippen molar-refractivity contribution in [3.8, 4) is 0 Å². The van der Waals surface area contributed by atoms with Gasteiger partial charge < -0.3 is 5.32 Å². The highest BCUT2D eigenvalue weighted by Gasteiger charge is 2.25. The summed E-state index contributed by atoms with van der Waals surface area (Å²) < 4.78 is 1.15. The van der Waals surface area contributed by atoms with Gasteiger partial charge in [0.05, 0.1) is 0 Å². The van der Waals surface area contributed by atoms with E-state index in [1.54, 1.807) is 0 Å². The Morgan fingerprint density at radius 3 is 2.71 bits per heavy atom. The monoisotopic (exact) mass is 253 g/mol. The molecule has 0 saturated heterocycles. The number of hydrogen-bond donors (Lipinski definition) is 1. The van der Waals surface area contributed by atoms with Gasteiger partial charge in [-0.15, -0.1) is 0 Å². The second kappa shape index (κ2) is 3.93. The second-order valence-corrected chi connectivity index (χ2v) is 5.29. The first-order valence-electron chi connectivity index (χ1n) is 5.18. The normalized spacial score (nSPS) is 25.6. The van der Waals surface area contributed by atoms with Crippen molar-refractivity contribution in [1.82, 2.24) is 0 Å². The molecule has 2 heteroatoms. The van der Waals surface area contributed by atoms with E-state index in [1.165, 1.54) is 24.1 Å². The third-order valence-corrected chi connectivity index (χ3v) is 3.43. The molecule has 0 bridgehead atoms. The molecule has 1 aliphatic rings. The van der Waals surface area contributed by atoms with Crippen LogP contribution in [0.4, 0.5) is 5.69 Å². The molecule has 14 heavy (non-hydrogen) atoms. The van der Waals surface area contributed by atoms with Crippen LogP contribution in [0.1, 0.15) is 25.3 Å². The molecule has 76 valence electrons. The van der Waals surface area contributed by atoms with E-state index in [2.05, 4.69) is 53.3 Å². The van der Waals surface area contributed by atoms with E-state index in [0.717, 1.165) is 10.4 Å². The summed E-state index contributed by atoms with van der Waals surface area (Å²) in [5, 5.41) is 3.59. The summed E-state index contributed by atoms with van der Waals surface area (Å²) in [4.78, 5) is 0. The van der Waals surface area contributed by atoms with Gasteiger partial charge in [0, 0.05) is 16.2 Å². The first-order chi connectivity index (χ1) is 6.65. The average Bonchev–Trinajstić information content (AvgIpc) is 2.09. The predicted octanol–water partition coefficient (Wildman–Crippen LogP) is 3.97. The summed E-state index contributed by atoms with van der Waals surface area (Å²) in [5.41, 5.74) is 2.60. The fraction of sp³-hybridized carbons (Fsp3) is 0.500. The van der Waals surface area contributed by atoms with Gasteiger partial charge in [-0.25, -0.2) is 0 Å². The molecule has 1 aliphatic carbocycles. The lowest BCUT2D eigenvalue weighted by Crippen LogP contribution is -2.33. The Morgan fingerprint density at radius 2 is 2.07 bits per heavy atom. The van der Waals surface area contributed by atoms with Gasteiger partial charge in [-0.1, -0.05) is 28.9 Å². The van der Waals surface area contributed by atoms with E-state index < -0.39 is 0 Å². The van der Waals surface area contributed by atoms with Crippen LogP contribution in [0.25, 0.3) is 0 Å². The zero-order valence-corrected chi connectivity index (χ0v) is 10.3. The summed E-state index contributed by atoms with van der Waals surface area (Å²) in [6.07, 6.45) is 2.62. The molecule has 0 aliphatic heterocycles. The molecule has 0 radical (unpaired) electrons. The Bertz CT molecular complexity index is 329. The minimum atomic E-state index is 0.693. The average molecular weight is 254 g/mol. The summed E-state index contributed by atoms with van der Waals surface area (Å²) in [6, 6.07) is 7.09. The molecule has 1 aromatic rings. The predicted molar refractivity (Wildman–Crippen MR) is 64.7 cm³/mol. The van der Waals surface area contributed by atoms with Crippen LogP contribution in [0.2, 0.25) is 0 Å². The fourth-order valence-corrected chi connectivity index (χ4v) is 2.35. The Balaban J connectivity index is 2.05. The van der Waals surface area contributed by atoms with Crippen molar-refractivity contribution in [2.24, 2.45) is 5.92 Å². The maximum atomic E-state index is 3.59. The van der Waals surface area contributed by atoms with Crippen molar-refractivity contribution in [1.29, 1.82) is 0 Å². The zero-order chi connectivity index (χ0) is 10.1. The summed E-state index contributed by atoms with van der Waals surface area (Å²) in [7, 11) is 0. The van der Waals surface area contributed by atoms with Crippen LogP contribution in [-0.2, 0) is 0 Å². The first-order valence-corrected chi connectivity index (χ1v) is 5.97. The molecule has 1 aromatic carbocycles. The quantitative estimate of drug-likeness (QED) is 0.842. The number of anilines is 1. The molecule has 1 nitrogen and oxygen atoms in total. The van der Waals surface area contributed by atoms with Gasteiger partial charge in [0.1, 0.15) is 0 Å². The van der Waals surface area contributed by atoms with E-state index in [-0.39, 0.29) is 0 Å². The van der Waals surface area contributed by atoms with Crippen molar-refractivity contribution in [2.75, 3.05) is 5.32 Å². The van der Waals surface area contributed by atoms with Gasteiger partial charge in [-0.2, -0.15) is 0 Å². The molecule has 0 aromatic heterocycles. The fourth-order valence-electron chi connectivity index (χ4n) is 1.99. The highest BCUT2D eigenvalue weighted by molar-refractivity contribution is 9.10. The lowest BCUT2D eigenvalue weighted by atomic mass is 9.82. The molecular weight excluding hydrogens is 238 g/mol. The number of halogens is 1. The minimum absolute atomic E-state index is 0.693. The number of hydrogen-bond acceptors (Lipinski definition) is 1. The Kier molecular flexibility index (Phi) is 2.82. The van der Waals surface area contributed by atoms with Crippen molar-refractivity contribution >= 4 is 21.6 Å². The van der Waals surface area contributed by atoms with Gasteiger partial charge in [0.15, 0.2) is 0 Å². The van der Waals surface area contributed by atoms with Crippen LogP contribution in [0, 0.1) is 12.8 Å². The number of nitrogens with one attached hydrogen (secondary N) is 1. The van der Waals surface area contributed by atoms with E-state index in [4.69, 9.17) is 0 Å². The van der Waals surface area contributed by atoms with Gasteiger partial charge in [0.25, 0.3) is 0 Å². The number of aryl methyl sites for hydroxylation is 1. The van der Waals surface area contributed by atoms with E-state index >= 15 is 0 Å². The van der Waals surface area contributed by atoms with Crippen molar-refractivity contribution < 1.29 is 0 Å². The lowest BCUT2D eigenvalue weighted by Gasteiger charge is -2.34. The molecule has 0 amide bonds. The Hall–Kier alpha value is -0.500. The summed E-state index contributed by atoms with van der Waals surface area (Å²) in [6.45, 7) is 4.46. The highest BCUT2D eigenvalue weighted by Crippen LogP contribution is 2.31. The highest BCUT2D eigenvalue weighted by atomic mass is 79.9. The largest absolute Gasteiger partial charge is 0.382 e. The van der Waals surface area contributed by atoms with Crippen LogP contribution < -0.4 is 5.32 Å². The van der Waals surface area contributed by atoms with Crippen LogP contribution in [0.15, 0.2) is 22.7 Å². The third kappa shape index (κ3) is 2.11. The van der Waals surface area contributed by atoms with Gasteiger partial charge in [-0.05, 0) is 43.4 Å².